The van der Waals surface area contributed by atoms with Crippen LogP contribution in [-0.4, -0.2) is 40.4 Å². The Hall–Kier alpha value is -0.770. The largest absolute Gasteiger partial charge is 0.444 e. The molecule has 1 rings (SSSR count). The number of nitrogens with zero attached hydrogens (tertiary/aromatic N) is 1. The maximum Gasteiger partial charge on any atom is 0.410 e. The minimum atomic E-state index is -0.473. The third-order valence-electron chi connectivity index (χ3n) is 2.49. The number of carbonyl (C=O) groups excluding carboxylic acids is 1. The van der Waals surface area contributed by atoms with E-state index in [-0.39, 0.29) is 12.1 Å². The Morgan fingerprint density at radius 3 is 2.53 bits per heavy atom. The van der Waals surface area contributed by atoms with Gasteiger partial charge < -0.3 is 14.7 Å². The van der Waals surface area contributed by atoms with Gasteiger partial charge in [0.1, 0.15) is 5.60 Å². The standard InChI is InChI=1S/C11H21NO3/c1-8-5-6-9(13)7-12(8)10(14)15-11(2,3)4/h8-9,13H,5-7H2,1-4H3/t8-,9-/m0/s1. The van der Waals surface area contributed by atoms with Crippen LogP contribution in [0.1, 0.15) is 40.5 Å². The van der Waals surface area contributed by atoms with Crippen molar-refractivity contribution < 1.29 is 14.6 Å². The van der Waals surface area contributed by atoms with Gasteiger partial charge in [-0.1, -0.05) is 0 Å². The number of likely N-dealkylation sites (tertiary alicyclic amines) is 1. The van der Waals surface area contributed by atoms with Crippen molar-refractivity contribution in [2.24, 2.45) is 0 Å². The number of ether oxygens (including phenoxy) is 1. The van der Waals surface area contributed by atoms with Crippen molar-refractivity contribution in [3.8, 4) is 0 Å². The molecule has 1 amide bonds. The molecule has 0 aromatic rings. The summed E-state index contributed by atoms with van der Waals surface area (Å²) in [6, 6.07) is 0.156. The fourth-order valence-electron chi connectivity index (χ4n) is 1.66. The zero-order chi connectivity index (χ0) is 11.6. The molecule has 1 N–H and O–H groups in total. The lowest BCUT2D eigenvalue weighted by molar-refractivity contribution is -0.00987. The second kappa shape index (κ2) is 4.39. The van der Waals surface area contributed by atoms with Crippen molar-refractivity contribution in [3.05, 3.63) is 0 Å². The number of hydrogen-bond acceptors (Lipinski definition) is 3. The first-order valence-corrected chi connectivity index (χ1v) is 5.47. The lowest BCUT2D eigenvalue weighted by Gasteiger charge is -2.36. The van der Waals surface area contributed by atoms with Crippen LogP contribution in [0.3, 0.4) is 0 Å². The highest BCUT2D eigenvalue weighted by molar-refractivity contribution is 5.68. The first-order valence-electron chi connectivity index (χ1n) is 5.47. The van der Waals surface area contributed by atoms with E-state index < -0.39 is 11.7 Å². The van der Waals surface area contributed by atoms with E-state index in [4.69, 9.17) is 4.74 Å². The summed E-state index contributed by atoms with van der Waals surface area (Å²) in [5.41, 5.74) is -0.473. The molecule has 1 aliphatic rings. The summed E-state index contributed by atoms with van der Waals surface area (Å²) >= 11 is 0. The molecule has 2 atom stereocenters. The SMILES string of the molecule is C[C@H]1CC[C@H](O)CN1C(=O)OC(C)(C)C. The molecule has 88 valence electrons. The van der Waals surface area contributed by atoms with E-state index in [1.54, 1.807) is 4.90 Å². The summed E-state index contributed by atoms with van der Waals surface area (Å²) in [5, 5.41) is 9.50. The summed E-state index contributed by atoms with van der Waals surface area (Å²) in [5.74, 6) is 0. The van der Waals surface area contributed by atoms with Crippen LogP contribution in [0.5, 0.6) is 0 Å². The summed E-state index contributed by atoms with van der Waals surface area (Å²) < 4.78 is 5.27. The lowest BCUT2D eigenvalue weighted by atomic mass is 10.0. The molecule has 0 saturated carbocycles. The lowest BCUT2D eigenvalue weighted by Crippen LogP contribution is -2.49. The predicted molar refractivity (Wildman–Crippen MR) is 57.6 cm³/mol. The Bertz CT molecular complexity index is 234. The molecular formula is C11H21NO3. The van der Waals surface area contributed by atoms with Crippen LogP contribution in [-0.2, 0) is 4.74 Å². The van der Waals surface area contributed by atoms with E-state index in [9.17, 15) is 9.90 Å². The fourth-order valence-corrected chi connectivity index (χ4v) is 1.66. The third kappa shape index (κ3) is 3.70. The van der Waals surface area contributed by atoms with Crippen LogP contribution < -0.4 is 0 Å². The minimum Gasteiger partial charge on any atom is -0.444 e. The van der Waals surface area contributed by atoms with Crippen molar-refractivity contribution in [2.45, 2.75) is 58.3 Å². The van der Waals surface area contributed by atoms with Crippen LogP contribution in [0.2, 0.25) is 0 Å². The maximum atomic E-state index is 11.8. The molecule has 1 fully saturated rings. The number of hydrogen-bond donors (Lipinski definition) is 1. The van der Waals surface area contributed by atoms with Gasteiger partial charge in [0, 0.05) is 6.04 Å². The molecule has 15 heavy (non-hydrogen) atoms. The van der Waals surface area contributed by atoms with Crippen LogP contribution in [0.15, 0.2) is 0 Å². The van der Waals surface area contributed by atoms with E-state index >= 15 is 0 Å². The number of piperidine rings is 1. The number of rotatable bonds is 0. The fraction of sp³-hybridized carbons (Fsp3) is 0.909. The van der Waals surface area contributed by atoms with Gasteiger partial charge in [0.05, 0.1) is 12.6 Å². The molecule has 0 bridgehead atoms. The molecule has 0 spiro atoms. The van der Waals surface area contributed by atoms with Crippen LogP contribution in [0.25, 0.3) is 0 Å². The number of aliphatic hydroxyl groups is 1. The predicted octanol–water partition coefficient (Wildman–Crippen LogP) is 1.77. The molecule has 1 aliphatic heterocycles. The summed E-state index contributed by atoms with van der Waals surface area (Å²) in [6.45, 7) is 7.90. The van der Waals surface area contributed by atoms with Crippen molar-refractivity contribution in [3.63, 3.8) is 0 Å². The van der Waals surface area contributed by atoms with E-state index in [0.717, 1.165) is 12.8 Å². The molecule has 4 nitrogen and oxygen atoms in total. The molecule has 0 aliphatic carbocycles. The Balaban J connectivity index is 2.57. The van der Waals surface area contributed by atoms with E-state index in [2.05, 4.69) is 0 Å². The van der Waals surface area contributed by atoms with Crippen molar-refractivity contribution in [1.29, 1.82) is 0 Å². The summed E-state index contributed by atoms with van der Waals surface area (Å²) in [7, 11) is 0. The van der Waals surface area contributed by atoms with E-state index in [1.165, 1.54) is 0 Å². The Kier molecular flexibility index (Phi) is 3.60. The molecular weight excluding hydrogens is 194 g/mol. The Morgan fingerprint density at radius 1 is 1.40 bits per heavy atom. The number of carbonyl (C=O) groups is 1. The second-order valence-electron chi connectivity index (χ2n) is 5.21. The van der Waals surface area contributed by atoms with Gasteiger partial charge in [-0.2, -0.15) is 0 Å². The van der Waals surface area contributed by atoms with Gasteiger partial charge in [0.2, 0.25) is 0 Å². The van der Waals surface area contributed by atoms with E-state index in [0.29, 0.717) is 6.54 Å². The Labute approximate surface area is 91.2 Å². The highest BCUT2D eigenvalue weighted by Crippen LogP contribution is 2.20. The molecule has 0 radical (unpaired) electrons. The van der Waals surface area contributed by atoms with Crippen molar-refractivity contribution in [2.75, 3.05) is 6.54 Å². The quantitative estimate of drug-likeness (QED) is 0.670. The maximum absolute atomic E-state index is 11.8. The number of aliphatic hydroxyl groups excluding tert-OH is 1. The third-order valence-corrected chi connectivity index (χ3v) is 2.49. The van der Waals surface area contributed by atoms with Gasteiger partial charge in [0.25, 0.3) is 0 Å². The molecule has 0 unspecified atom stereocenters. The second-order valence-corrected chi connectivity index (χ2v) is 5.21. The monoisotopic (exact) mass is 215 g/mol. The molecule has 0 aromatic carbocycles. The van der Waals surface area contributed by atoms with Gasteiger partial charge in [-0.05, 0) is 40.5 Å². The van der Waals surface area contributed by atoms with Crippen LogP contribution in [0.4, 0.5) is 4.79 Å². The zero-order valence-electron chi connectivity index (χ0n) is 9.99. The smallest absolute Gasteiger partial charge is 0.410 e. The van der Waals surface area contributed by atoms with Crippen LogP contribution in [0, 0.1) is 0 Å². The van der Waals surface area contributed by atoms with Crippen molar-refractivity contribution >= 4 is 6.09 Å². The van der Waals surface area contributed by atoms with Gasteiger partial charge >= 0.3 is 6.09 Å². The molecule has 1 saturated heterocycles. The van der Waals surface area contributed by atoms with Gasteiger partial charge in [-0.25, -0.2) is 4.79 Å². The van der Waals surface area contributed by atoms with Gasteiger partial charge in [-0.3, -0.25) is 0 Å². The normalized spacial score (nSPS) is 27.7. The average Bonchev–Trinajstić information content (AvgIpc) is 2.06. The zero-order valence-corrected chi connectivity index (χ0v) is 9.99. The van der Waals surface area contributed by atoms with Gasteiger partial charge in [-0.15, -0.1) is 0 Å². The Morgan fingerprint density at radius 2 is 2.00 bits per heavy atom. The number of amides is 1. The topological polar surface area (TPSA) is 49.8 Å². The van der Waals surface area contributed by atoms with Gasteiger partial charge in [0.15, 0.2) is 0 Å². The van der Waals surface area contributed by atoms with Crippen LogP contribution >= 0.6 is 0 Å². The van der Waals surface area contributed by atoms with E-state index in [1.807, 2.05) is 27.7 Å². The molecule has 0 aromatic heterocycles. The highest BCUT2D eigenvalue weighted by atomic mass is 16.6. The van der Waals surface area contributed by atoms with Crippen molar-refractivity contribution in [1.82, 2.24) is 4.90 Å². The molecule has 1 heterocycles. The first-order chi connectivity index (χ1) is 6.79. The summed E-state index contributed by atoms with van der Waals surface area (Å²) in [6.07, 6.45) is 0.864. The first kappa shape index (κ1) is 12.3. The average molecular weight is 215 g/mol. The highest BCUT2D eigenvalue weighted by Gasteiger charge is 2.31. The number of β-amino-alcohol motifs (C(OH)–C–C–N with tert-alkyl or cyclic N) is 1. The molecule has 4 heteroatoms. The minimum absolute atomic E-state index is 0.156. The summed E-state index contributed by atoms with van der Waals surface area (Å²) in [4.78, 5) is 13.4.